The Morgan fingerprint density at radius 3 is 2.69 bits per heavy atom. The van der Waals surface area contributed by atoms with Crippen molar-refractivity contribution < 1.29 is 28.9 Å². The van der Waals surface area contributed by atoms with Crippen molar-refractivity contribution in [2.45, 2.75) is 12.5 Å². The Morgan fingerprint density at radius 2 is 1.91 bits per heavy atom. The third-order valence-corrected chi connectivity index (χ3v) is 6.67. The molecule has 2 heterocycles. The number of ether oxygens (including phenoxy) is 3. The van der Waals surface area contributed by atoms with Crippen LogP contribution >= 0.6 is 34.5 Å². The summed E-state index contributed by atoms with van der Waals surface area (Å²) in [5.41, 5.74) is 1.72. The summed E-state index contributed by atoms with van der Waals surface area (Å²) in [5, 5.41) is 13.1. The monoisotopic (exact) mass is 530 g/mol. The fraction of sp³-hybridized carbons (Fsp3) is 0.125. The zero-order valence-corrected chi connectivity index (χ0v) is 20.1. The molecule has 0 aliphatic carbocycles. The molecule has 4 aromatic rings. The molecule has 1 amide bonds. The van der Waals surface area contributed by atoms with Gasteiger partial charge in [0.15, 0.2) is 5.13 Å². The molecule has 0 spiro atoms. The molecule has 1 atom stereocenters. The molecular weight excluding hydrogens is 515 g/mol. The van der Waals surface area contributed by atoms with Crippen LogP contribution in [0.2, 0.25) is 10.0 Å². The number of rotatable bonds is 5. The Kier molecular flexibility index (Phi) is 6.38. The van der Waals surface area contributed by atoms with Crippen LogP contribution in [0.4, 0.5) is 9.93 Å². The normalized spacial score (nSPS) is 14.6. The average molecular weight is 531 g/mol. The summed E-state index contributed by atoms with van der Waals surface area (Å²) < 4.78 is 17.3. The van der Waals surface area contributed by atoms with Gasteiger partial charge in [0.2, 0.25) is 0 Å². The molecule has 3 aromatic carbocycles. The highest BCUT2D eigenvalue weighted by Gasteiger charge is 2.27. The molecule has 1 aliphatic rings. The third kappa shape index (κ3) is 5.12. The van der Waals surface area contributed by atoms with E-state index in [2.05, 4.69) is 10.3 Å². The number of carbonyl (C=O) groups is 2. The summed E-state index contributed by atoms with van der Waals surface area (Å²) in [4.78, 5) is 28.0. The Morgan fingerprint density at radius 1 is 1.11 bits per heavy atom. The number of nitrogens with one attached hydrogen (secondary N) is 1. The van der Waals surface area contributed by atoms with E-state index in [-0.39, 0.29) is 10.9 Å². The Bertz CT molecular complexity index is 1440. The molecule has 11 heteroatoms. The van der Waals surface area contributed by atoms with Crippen LogP contribution in [0.3, 0.4) is 0 Å². The van der Waals surface area contributed by atoms with E-state index in [1.165, 1.54) is 11.3 Å². The molecule has 1 aromatic heterocycles. The van der Waals surface area contributed by atoms with Gasteiger partial charge in [-0.3, -0.25) is 10.1 Å². The lowest BCUT2D eigenvalue weighted by atomic mass is 10.0. The van der Waals surface area contributed by atoms with E-state index < -0.39 is 12.3 Å². The van der Waals surface area contributed by atoms with Gasteiger partial charge in [-0.25, -0.2) is 9.78 Å². The number of carboxylic acid groups (broad SMARTS) is 1. The number of amides is 1. The van der Waals surface area contributed by atoms with E-state index in [4.69, 9.17) is 42.5 Å². The van der Waals surface area contributed by atoms with Crippen LogP contribution in [0.25, 0.3) is 10.2 Å². The van der Waals surface area contributed by atoms with Crippen LogP contribution in [-0.4, -0.2) is 28.8 Å². The van der Waals surface area contributed by atoms with Gasteiger partial charge in [-0.15, -0.1) is 0 Å². The molecular formula is C24H16Cl2N2O6S. The number of aromatic nitrogens is 1. The molecule has 2 N–H and O–H groups in total. The highest BCUT2D eigenvalue weighted by Crippen LogP contribution is 2.42. The van der Waals surface area contributed by atoms with E-state index in [0.717, 1.165) is 10.2 Å². The van der Waals surface area contributed by atoms with Crippen molar-refractivity contribution in [1.82, 2.24) is 4.98 Å². The summed E-state index contributed by atoms with van der Waals surface area (Å²) in [5.74, 6) is 0.903. The van der Waals surface area contributed by atoms with Gasteiger partial charge in [0, 0.05) is 28.6 Å². The molecule has 8 nitrogen and oxygen atoms in total. The van der Waals surface area contributed by atoms with E-state index in [9.17, 15) is 9.59 Å². The predicted molar refractivity (Wildman–Crippen MR) is 133 cm³/mol. The minimum Gasteiger partial charge on any atom is -0.493 e. The summed E-state index contributed by atoms with van der Waals surface area (Å²) in [6, 6.07) is 15.0. The molecule has 1 aliphatic heterocycles. The fourth-order valence-corrected chi connectivity index (χ4v) is 4.95. The van der Waals surface area contributed by atoms with Gasteiger partial charge >= 0.3 is 6.16 Å². The minimum absolute atomic E-state index is 0.269. The van der Waals surface area contributed by atoms with Crippen molar-refractivity contribution in [1.29, 1.82) is 0 Å². The van der Waals surface area contributed by atoms with Gasteiger partial charge in [-0.05, 0) is 48.5 Å². The first-order valence-electron chi connectivity index (χ1n) is 10.4. The molecule has 0 radical (unpaired) electrons. The molecule has 5 rings (SSSR count). The van der Waals surface area contributed by atoms with Crippen molar-refractivity contribution in [2.24, 2.45) is 0 Å². The topological polar surface area (TPSA) is 107 Å². The standard InChI is InChI=1S/C24H16Cl2N2O6S/c25-13-3-6-17-21(9-13)35-23(27-17)28-22(29)12-1-4-14(5-2-12)33-20-11-19-15(10-16(20)26)18(7-8-32-19)34-24(30)31/h1-6,9-11,18H,7-8H2,(H,30,31)(H,27,28,29). The van der Waals surface area contributed by atoms with Crippen molar-refractivity contribution in [2.75, 3.05) is 11.9 Å². The molecule has 178 valence electrons. The zero-order valence-electron chi connectivity index (χ0n) is 17.8. The summed E-state index contributed by atoms with van der Waals surface area (Å²) in [6.45, 7) is 0.303. The SMILES string of the molecule is O=C(O)OC1CCOc2cc(Oc3ccc(C(=O)Nc4nc5ccc(Cl)cc5s4)cc3)c(Cl)cc21. The third-order valence-electron chi connectivity index (χ3n) is 5.21. The molecule has 0 fully saturated rings. The van der Waals surface area contributed by atoms with E-state index >= 15 is 0 Å². The fourth-order valence-electron chi connectivity index (χ4n) is 3.60. The highest BCUT2D eigenvalue weighted by atomic mass is 35.5. The first-order chi connectivity index (χ1) is 16.9. The molecule has 0 bridgehead atoms. The Hall–Kier alpha value is -3.53. The number of halogens is 2. The van der Waals surface area contributed by atoms with Crippen molar-refractivity contribution in [3.8, 4) is 17.2 Å². The Balaban J connectivity index is 1.29. The second-order valence-electron chi connectivity index (χ2n) is 7.54. The summed E-state index contributed by atoms with van der Waals surface area (Å²) in [7, 11) is 0. The van der Waals surface area contributed by atoms with Gasteiger partial charge in [0.05, 0.1) is 21.8 Å². The number of hydrogen-bond donors (Lipinski definition) is 2. The number of fused-ring (bicyclic) bond motifs is 2. The second kappa shape index (κ2) is 9.61. The quantitative estimate of drug-likeness (QED) is 0.263. The summed E-state index contributed by atoms with van der Waals surface area (Å²) in [6.07, 6.45) is -1.63. The van der Waals surface area contributed by atoms with Gasteiger partial charge < -0.3 is 19.3 Å². The highest BCUT2D eigenvalue weighted by molar-refractivity contribution is 7.22. The van der Waals surface area contributed by atoms with Crippen LogP contribution in [0.5, 0.6) is 17.2 Å². The number of hydrogen-bond acceptors (Lipinski definition) is 7. The Labute approximate surface area is 213 Å². The maximum Gasteiger partial charge on any atom is 0.506 e. The second-order valence-corrected chi connectivity index (χ2v) is 9.42. The van der Waals surface area contributed by atoms with Crippen LogP contribution in [0, 0.1) is 0 Å². The lowest BCUT2D eigenvalue weighted by Gasteiger charge is -2.25. The van der Waals surface area contributed by atoms with Gasteiger partial charge in [-0.2, -0.15) is 0 Å². The molecule has 0 saturated heterocycles. The van der Waals surface area contributed by atoms with Crippen LogP contribution in [-0.2, 0) is 4.74 Å². The van der Waals surface area contributed by atoms with Crippen LogP contribution < -0.4 is 14.8 Å². The lowest BCUT2D eigenvalue weighted by molar-refractivity contribution is 0.0326. The predicted octanol–water partition coefficient (Wildman–Crippen LogP) is 7.17. The van der Waals surface area contributed by atoms with Gasteiger partial charge in [0.25, 0.3) is 5.91 Å². The van der Waals surface area contributed by atoms with Crippen LogP contribution in [0.15, 0.2) is 54.6 Å². The number of anilines is 1. The van der Waals surface area contributed by atoms with Crippen molar-refractivity contribution in [3.63, 3.8) is 0 Å². The first kappa shape index (κ1) is 23.2. The number of benzene rings is 3. The van der Waals surface area contributed by atoms with Crippen molar-refractivity contribution >= 4 is 61.9 Å². The summed E-state index contributed by atoms with van der Waals surface area (Å²) >= 11 is 13.7. The van der Waals surface area contributed by atoms with E-state index in [0.29, 0.717) is 51.6 Å². The molecule has 35 heavy (non-hydrogen) atoms. The number of nitrogens with zero attached hydrogens (tertiary/aromatic N) is 1. The van der Waals surface area contributed by atoms with Gasteiger partial charge in [0.1, 0.15) is 23.4 Å². The van der Waals surface area contributed by atoms with E-state index in [1.54, 1.807) is 54.6 Å². The molecule has 0 saturated carbocycles. The van der Waals surface area contributed by atoms with Gasteiger partial charge in [-0.1, -0.05) is 34.5 Å². The average Bonchev–Trinajstić information content (AvgIpc) is 3.21. The largest absolute Gasteiger partial charge is 0.506 e. The first-order valence-corrected chi connectivity index (χ1v) is 11.9. The van der Waals surface area contributed by atoms with Crippen molar-refractivity contribution in [3.05, 3.63) is 75.8 Å². The maximum absolute atomic E-state index is 12.6. The molecule has 1 unspecified atom stereocenters. The minimum atomic E-state index is -1.36. The number of carbonyl (C=O) groups excluding carboxylic acids is 1. The van der Waals surface area contributed by atoms with Crippen LogP contribution in [0.1, 0.15) is 28.4 Å². The van der Waals surface area contributed by atoms with E-state index in [1.807, 2.05) is 0 Å². The lowest BCUT2D eigenvalue weighted by Crippen LogP contribution is -2.18. The zero-order chi connectivity index (χ0) is 24.5. The number of thiazole rings is 1. The maximum atomic E-state index is 12.6. The smallest absolute Gasteiger partial charge is 0.493 e.